The minimum Gasteiger partial charge on any atom is -0.400 e. The Balaban J connectivity index is 0.000000291. The quantitative estimate of drug-likeness (QED) is 0.554. The van der Waals surface area contributed by atoms with E-state index in [9.17, 15) is 0 Å². The highest BCUT2D eigenvalue weighted by molar-refractivity contribution is 6.51. The van der Waals surface area contributed by atoms with Crippen LogP contribution in [0.4, 0.5) is 0 Å². The molecule has 0 aromatic carbocycles. The van der Waals surface area contributed by atoms with Crippen LogP contribution in [-0.2, 0) is 0 Å². The van der Waals surface area contributed by atoms with E-state index < -0.39 is 4.33 Å². The Hall–Kier alpha value is 0.540. The van der Waals surface area contributed by atoms with Gasteiger partial charge in [0.2, 0.25) is 0 Å². The zero-order valence-corrected chi connectivity index (χ0v) is 7.42. The summed E-state index contributed by atoms with van der Waals surface area (Å²) in [7, 11) is 1.00. The molecule has 1 nitrogen and oxygen atoms in total. The monoisotopic (exact) mass is 170 g/mol. The lowest BCUT2D eigenvalue weighted by Crippen LogP contribution is -1.96. The van der Waals surface area contributed by atoms with E-state index in [0.29, 0.717) is 0 Å². The maximum absolute atomic E-state index is 7.00. The first kappa shape index (κ1) is 9.54. The van der Waals surface area contributed by atoms with Crippen molar-refractivity contribution in [3.8, 4) is 0 Å². The molecular weight excluding hydrogens is 159 g/mol. The second kappa shape index (κ2) is 2.65. The highest BCUT2D eigenvalue weighted by atomic mass is 35.5. The second-order valence-corrected chi connectivity index (χ2v) is 4.25. The van der Waals surface area contributed by atoms with Crippen LogP contribution in [0, 0.1) is 5.41 Å². The van der Waals surface area contributed by atoms with Crippen molar-refractivity contribution < 1.29 is 5.11 Å². The predicted octanol–water partition coefficient (Wildman–Crippen LogP) is 2.20. The molecule has 0 bridgehead atoms. The van der Waals surface area contributed by atoms with Crippen molar-refractivity contribution in [1.29, 1.82) is 0 Å². The molecule has 3 heteroatoms. The fourth-order valence-corrected chi connectivity index (χ4v) is 1.18. The average molecular weight is 171 g/mol. The summed E-state index contributed by atoms with van der Waals surface area (Å²) >= 11 is 11.4. The first-order valence-electron chi connectivity index (χ1n) is 2.78. The summed E-state index contributed by atoms with van der Waals surface area (Å²) in [4.78, 5) is 0. The Kier molecular flexibility index (Phi) is 2.81. The van der Waals surface area contributed by atoms with Gasteiger partial charge >= 0.3 is 0 Å². The summed E-state index contributed by atoms with van der Waals surface area (Å²) in [5.41, 5.74) is 0.177. The number of alkyl halides is 2. The standard InChI is InChI=1S/C5H8Cl2.CH4O/c1-4(2)3-5(4,6)7;1-2/h3H2,1-2H3;2H,1H3. The lowest BCUT2D eigenvalue weighted by atomic mass is 10.2. The van der Waals surface area contributed by atoms with E-state index in [2.05, 4.69) is 13.8 Å². The molecule has 1 fully saturated rings. The summed E-state index contributed by atoms with van der Waals surface area (Å²) in [5.74, 6) is 0. The second-order valence-electron chi connectivity index (χ2n) is 2.77. The van der Waals surface area contributed by atoms with Crippen LogP contribution in [0.2, 0.25) is 0 Å². The van der Waals surface area contributed by atoms with E-state index in [1.54, 1.807) is 0 Å². The van der Waals surface area contributed by atoms with Gasteiger partial charge in [0.1, 0.15) is 4.33 Å². The summed E-state index contributed by atoms with van der Waals surface area (Å²) in [6.45, 7) is 4.12. The zero-order valence-electron chi connectivity index (χ0n) is 5.91. The van der Waals surface area contributed by atoms with Gasteiger partial charge in [-0.3, -0.25) is 0 Å². The number of hydrogen-bond donors (Lipinski definition) is 1. The third-order valence-corrected chi connectivity index (χ3v) is 2.82. The van der Waals surface area contributed by atoms with Gasteiger partial charge in [-0.25, -0.2) is 0 Å². The SMILES string of the molecule is CC1(C)CC1(Cl)Cl.CO. The normalized spacial score (nSPS) is 26.0. The van der Waals surface area contributed by atoms with Crippen molar-refractivity contribution >= 4 is 23.2 Å². The highest BCUT2D eigenvalue weighted by Gasteiger charge is 2.59. The van der Waals surface area contributed by atoms with Gasteiger partial charge in [0.05, 0.1) is 0 Å². The molecule has 1 saturated carbocycles. The number of halogens is 2. The van der Waals surface area contributed by atoms with E-state index in [1.807, 2.05) is 0 Å². The number of aliphatic hydroxyl groups excluding tert-OH is 1. The van der Waals surface area contributed by atoms with Gasteiger partial charge < -0.3 is 5.11 Å². The summed E-state index contributed by atoms with van der Waals surface area (Å²) in [5, 5.41) is 7.00. The van der Waals surface area contributed by atoms with Crippen molar-refractivity contribution in [3.63, 3.8) is 0 Å². The van der Waals surface area contributed by atoms with Crippen LogP contribution in [0.1, 0.15) is 20.3 Å². The van der Waals surface area contributed by atoms with Crippen molar-refractivity contribution in [1.82, 2.24) is 0 Å². The molecule has 1 aliphatic carbocycles. The van der Waals surface area contributed by atoms with Gasteiger partial charge in [-0.15, -0.1) is 23.2 Å². The van der Waals surface area contributed by atoms with Crippen LogP contribution < -0.4 is 0 Å². The first-order chi connectivity index (χ1) is 3.96. The molecule has 0 saturated heterocycles. The number of hydrogen-bond acceptors (Lipinski definition) is 1. The number of rotatable bonds is 0. The number of aliphatic hydroxyl groups is 1. The largest absolute Gasteiger partial charge is 0.400 e. The van der Waals surface area contributed by atoms with Crippen LogP contribution in [0.15, 0.2) is 0 Å². The maximum Gasteiger partial charge on any atom is 0.124 e. The topological polar surface area (TPSA) is 20.2 Å². The van der Waals surface area contributed by atoms with Gasteiger partial charge in [0.15, 0.2) is 0 Å². The smallest absolute Gasteiger partial charge is 0.124 e. The molecule has 9 heavy (non-hydrogen) atoms. The predicted molar refractivity (Wildman–Crippen MR) is 41.0 cm³/mol. The Morgan fingerprint density at radius 2 is 1.33 bits per heavy atom. The van der Waals surface area contributed by atoms with Gasteiger partial charge in [0.25, 0.3) is 0 Å². The van der Waals surface area contributed by atoms with Crippen LogP contribution in [-0.4, -0.2) is 16.5 Å². The van der Waals surface area contributed by atoms with E-state index in [-0.39, 0.29) is 5.41 Å². The minimum atomic E-state index is -0.410. The van der Waals surface area contributed by atoms with E-state index in [1.165, 1.54) is 0 Å². The fraction of sp³-hybridized carbons (Fsp3) is 1.00. The van der Waals surface area contributed by atoms with Crippen molar-refractivity contribution in [2.75, 3.05) is 7.11 Å². The van der Waals surface area contributed by atoms with Gasteiger partial charge in [-0.2, -0.15) is 0 Å². The Labute approximate surface area is 66.0 Å². The molecule has 0 aromatic rings. The highest BCUT2D eigenvalue weighted by Crippen LogP contribution is 2.63. The van der Waals surface area contributed by atoms with Crippen molar-refractivity contribution in [2.24, 2.45) is 5.41 Å². The molecule has 0 atom stereocenters. The molecule has 0 aromatic heterocycles. The third-order valence-electron chi connectivity index (χ3n) is 1.53. The van der Waals surface area contributed by atoms with Gasteiger partial charge in [-0.05, 0) is 6.42 Å². The van der Waals surface area contributed by atoms with Crippen molar-refractivity contribution in [2.45, 2.75) is 24.6 Å². The minimum absolute atomic E-state index is 0.177. The summed E-state index contributed by atoms with van der Waals surface area (Å²) in [6, 6.07) is 0. The van der Waals surface area contributed by atoms with E-state index in [4.69, 9.17) is 28.3 Å². The molecule has 1 aliphatic rings. The van der Waals surface area contributed by atoms with Gasteiger partial charge in [0, 0.05) is 12.5 Å². The summed E-state index contributed by atoms with van der Waals surface area (Å²) in [6.07, 6.45) is 0.934. The Morgan fingerprint density at radius 3 is 1.33 bits per heavy atom. The van der Waals surface area contributed by atoms with Gasteiger partial charge in [-0.1, -0.05) is 13.8 Å². The Morgan fingerprint density at radius 1 is 1.22 bits per heavy atom. The molecular formula is C6H12Cl2O. The molecule has 0 spiro atoms. The fourth-order valence-electron chi connectivity index (χ4n) is 0.511. The Bertz CT molecular complexity index is 87.2. The third kappa shape index (κ3) is 1.99. The molecule has 1 rings (SSSR count). The molecule has 0 amide bonds. The molecule has 0 radical (unpaired) electrons. The van der Waals surface area contributed by atoms with E-state index >= 15 is 0 Å². The lowest BCUT2D eigenvalue weighted by molar-refractivity contribution is 0.399. The molecule has 0 unspecified atom stereocenters. The molecule has 1 N–H and O–H groups in total. The maximum atomic E-state index is 7.00. The van der Waals surface area contributed by atoms with Crippen LogP contribution in [0.5, 0.6) is 0 Å². The average Bonchev–Trinajstić information content (AvgIpc) is 2.10. The lowest BCUT2D eigenvalue weighted by Gasteiger charge is -1.99. The summed E-state index contributed by atoms with van der Waals surface area (Å²) < 4.78 is -0.410. The molecule has 0 heterocycles. The van der Waals surface area contributed by atoms with Crippen LogP contribution >= 0.6 is 23.2 Å². The first-order valence-corrected chi connectivity index (χ1v) is 3.54. The van der Waals surface area contributed by atoms with Crippen LogP contribution in [0.25, 0.3) is 0 Å². The van der Waals surface area contributed by atoms with E-state index in [0.717, 1.165) is 13.5 Å². The zero-order chi connectivity index (χ0) is 7.71. The van der Waals surface area contributed by atoms with Crippen LogP contribution in [0.3, 0.4) is 0 Å². The van der Waals surface area contributed by atoms with Crippen molar-refractivity contribution in [3.05, 3.63) is 0 Å². The molecule has 0 aliphatic heterocycles. The molecule has 56 valence electrons.